The zero-order chi connectivity index (χ0) is 18.4. The average molecular weight is 383 g/mol. The molecule has 3 aromatic heterocycles. The highest BCUT2D eigenvalue weighted by Crippen LogP contribution is 2.36. The van der Waals surface area contributed by atoms with Gasteiger partial charge in [0.05, 0.1) is 21.5 Å². The van der Waals surface area contributed by atoms with Crippen LogP contribution in [0.5, 0.6) is 0 Å². The first-order valence-corrected chi connectivity index (χ1v) is 8.37. The number of pyridine rings is 1. The number of rotatable bonds is 3. The van der Waals surface area contributed by atoms with E-state index in [1.54, 1.807) is 12.1 Å². The van der Waals surface area contributed by atoms with E-state index in [-0.39, 0.29) is 22.7 Å². The number of halogens is 3. The number of H-pyrrole nitrogens is 1. The number of allylic oxidation sites excluding steroid dienone is 1. The van der Waals surface area contributed by atoms with Crippen molar-refractivity contribution < 1.29 is 13.2 Å². The van der Waals surface area contributed by atoms with Gasteiger partial charge in [0.15, 0.2) is 4.77 Å². The number of hydrogen-bond donors (Lipinski definition) is 1. The van der Waals surface area contributed by atoms with Gasteiger partial charge in [0.25, 0.3) is 5.56 Å². The number of thiophene rings is 1. The van der Waals surface area contributed by atoms with Crippen molar-refractivity contribution in [2.75, 3.05) is 0 Å². The van der Waals surface area contributed by atoms with Crippen LogP contribution < -0.4 is 5.56 Å². The van der Waals surface area contributed by atoms with Crippen LogP contribution in [-0.2, 0) is 12.7 Å². The maximum absolute atomic E-state index is 13.6. The first kappa shape index (κ1) is 17.6. The van der Waals surface area contributed by atoms with E-state index in [1.807, 2.05) is 6.92 Å². The van der Waals surface area contributed by atoms with Gasteiger partial charge in [-0.3, -0.25) is 14.3 Å². The third-order valence-electron chi connectivity index (χ3n) is 3.56. The van der Waals surface area contributed by atoms with Crippen molar-refractivity contribution in [3.8, 4) is 10.6 Å². The van der Waals surface area contributed by atoms with E-state index in [4.69, 9.17) is 12.2 Å². The highest BCUT2D eigenvalue weighted by molar-refractivity contribution is 7.71. The summed E-state index contributed by atoms with van der Waals surface area (Å²) < 4.78 is 42.1. The molecule has 130 valence electrons. The van der Waals surface area contributed by atoms with Crippen LogP contribution in [-0.4, -0.2) is 14.5 Å². The molecule has 0 radical (unpaired) electrons. The maximum Gasteiger partial charge on any atom is 0.417 e. The molecule has 0 aliphatic rings. The molecule has 9 heteroatoms. The summed E-state index contributed by atoms with van der Waals surface area (Å²) in [4.78, 5) is 20.3. The largest absolute Gasteiger partial charge is 0.417 e. The Hall–Kier alpha value is -2.26. The summed E-state index contributed by atoms with van der Waals surface area (Å²) >= 11 is 6.40. The van der Waals surface area contributed by atoms with Crippen molar-refractivity contribution in [2.24, 2.45) is 0 Å². The second-order valence-electron chi connectivity index (χ2n) is 5.32. The van der Waals surface area contributed by atoms with Gasteiger partial charge < -0.3 is 0 Å². The van der Waals surface area contributed by atoms with Gasteiger partial charge in [-0.2, -0.15) is 13.2 Å². The van der Waals surface area contributed by atoms with Crippen molar-refractivity contribution in [2.45, 2.75) is 19.6 Å². The fourth-order valence-corrected chi connectivity index (χ4v) is 3.58. The molecule has 3 heterocycles. The predicted octanol–water partition coefficient (Wildman–Crippen LogP) is 4.70. The zero-order valence-corrected chi connectivity index (χ0v) is 14.6. The minimum atomic E-state index is -4.70. The summed E-state index contributed by atoms with van der Waals surface area (Å²) in [6.07, 6.45) is -3.23. The Bertz CT molecular complexity index is 1090. The second kappa shape index (κ2) is 6.23. The van der Waals surface area contributed by atoms with Crippen molar-refractivity contribution >= 4 is 34.6 Å². The van der Waals surface area contributed by atoms with Gasteiger partial charge in [-0.05, 0) is 37.3 Å². The standard InChI is InChI=1S/C16H12F3N3OS2/c1-3-6-22-13-12(14(23)21-15(22)24)9(16(17,18)19)7-10(20-13)11-5-4-8(2)25-11/h3-5,7H,1,6H2,2H3,(H,21,23,24). The SMILES string of the molecule is C=CCn1c(=S)[nH]c(=O)c2c(C(F)(F)F)cc(-c3ccc(C)s3)nc21. The number of aromatic nitrogens is 3. The minimum Gasteiger partial charge on any atom is -0.299 e. The normalized spacial score (nSPS) is 11.8. The number of alkyl halides is 3. The Morgan fingerprint density at radius 2 is 2.16 bits per heavy atom. The highest BCUT2D eigenvalue weighted by atomic mass is 32.1. The molecular weight excluding hydrogens is 371 g/mol. The Morgan fingerprint density at radius 3 is 2.72 bits per heavy atom. The molecule has 0 saturated carbocycles. The molecule has 0 unspecified atom stereocenters. The Kier molecular flexibility index (Phi) is 4.38. The van der Waals surface area contributed by atoms with E-state index in [0.717, 1.165) is 10.9 Å². The third kappa shape index (κ3) is 3.16. The zero-order valence-electron chi connectivity index (χ0n) is 13.0. The van der Waals surface area contributed by atoms with Crippen LogP contribution in [0.2, 0.25) is 0 Å². The molecule has 1 N–H and O–H groups in total. The lowest BCUT2D eigenvalue weighted by molar-refractivity contribution is -0.136. The second-order valence-corrected chi connectivity index (χ2v) is 6.99. The van der Waals surface area contributed by atoms with Gasteiger partial charge in [-0.25, -0.2) is 4.98 Å². The summed E-state index contributed by atoms with van der Waals surface area (Å²) in [6.45, 7) is 5.55. The predicted molar refractivity (Wildman–Crippen MR) is 94.4 cm³/mol. The van der Waals surface area contributed by atoms with Gasteiger partial charge in [-0.1, -0.05) is 6.08 Å². The molecule has 0 fully saturated rings. The molecule has 0 amide bonds. The van der Waals surface area contributed by atoms with Gasteiger partial charge in [-0.15, -0.1) is 17.9 Å². The average Bonchev–Trinajstić information content (AvgIpc) is 2.96. The molecule has 0 bridgehead atoms. The monoisotopic (exact) mass is 383 g/mol. The van der Waals surface area contributed by atoms with Gasteiger partial charge in [0.1, 0.15) is 5.65 Å². The van der Waals surface area contributed by atoms with Crippen LogP contribution in [0.15, 0.2) is 35.6 Å². The summed E-state index contributed by atoms with van der Waals surface area (Å²) in [5.41, 5.74) is -1.90. The molecule has 25 heavy (non-hydrogen) atoms. The van der Waals surface area contributed by atoms with Crippen LogP contribution in [0.25, 0.3) is 21.6 Å². The first-order chi connectivity index (χ1) is 11.7. The van der Waals surface area contributed by atoms with Crippen molar-refractivity contribution in [1.29, 1.82) is 0 Å². The smallest absolute Gasteiger partial charge is 0.299 e. The third-order valence-corrected chi connectivity index (χ3v) is 4.90. The number of aromatic amines is 1. The molecule has 0 saturated heterocycles. The van der Waals surface area contributed by atoms with Crippen molar-refractivity contribution in [3.63, 3.8) is 0 Å². The Balaban J connectivity index is 2.50. The van der Waals surface area contributed by atoms with Crippen LogP contribution in [0.3, 0.4) is 0 Å². The lowest BCUT2D eigenvalue weighted by atomic mass is 10.1. The number of fused-ring (bicyclic) bond motifs is 1. The van der Waals surface area contributed by atoms with Crippen LogP contribution >= 0.6 is 23.6 Å². The van der Waals surface area contributed by atoms with E-state index in [9.17, 15) is 18.0 Å². The van der Waals surface area contributed by atoms with Crippen molar-refractivity contribution in [3.05, 3.63) is 56.4 Å². The Labute approximate surface area is 149 Å². The number of nitrogens with zero attached hydrogens (tertiary/aromatic N) is 2. The molecule has 0 aromatic carbocycles. The molecule has 0 aliphatic carbocycles. The topological polar surface area (TPSA) is 50.7 Å². The molecule has 0 spiro atoms. The maximum atomic E-state index is 13.6. The quantitative estimate of drug-likeness (QED) is 0.527. The number of nitrogens with one attached hydrogen (secondary N) is 1. The van der Waals surface area contributed by atoms with Crippen LogP contribution in [0.4, 0.5) is 13.2 Å². The van der Waals surface area contributed by atoms with E-state index in [1.165, 1.54) is 22.0 Å². The van der Waals surface area contributed by atoms with Crippen molar-refractivity contribution in [1.82, 2.24) is 14.5 Å². The van der Waals surface area contributed by atoms with Crippen LogP contribution in [0, 0.1) is 11.7 Å². The molecule has 0 atom stereocenters. The summed E-state index contributed by atoms with van der Waals surface area (Å²) in [7, 11) is 0. The first-order valence-electron chi connectivity index (χ1n) is 7.15. The van der Waals surface area contributed by atoms with Gasteiger partial charge in [0, 0.05) is 11.4 Å². The lowest BCUT2D eigenvalue weighted by Crippen LogP contribution is -2.20. The molecule has 4 nitrogen and oxygen atoms in total. The van der Waals surface area contributed by atoms with Gasteiger partial charge in [0.2, 0.25) is 0 Å². The number of aryl methyl sites for hydroxylation is 1. The fourth-order valence-electron chi connectivity index (χ4n) is 2.49. The molecule has 3 aromatic rings. The highest BCUT2D eigenvalue weighted by Gasteiger charge is 2.35. The molecular formula is C16H12F3N3OS2. The lowest BCUT2D eigenvalue weighted by Gasteiger charge is -2.14. The van der Waals surface area contributed by atoms with E-state index < -0.39 is 22.7 Å². The number of hydrogen-bond acceptors (Lipinski definition) is 4. The summed E-state index contributed by atoms with van der Waals surface area (Å²) in [5.74, 6) is 0. The summed E-state index contributed by atoms with van der Waals surface area (Å²) in [5, 5.41) is -0.528. The summed E-state index contributed by atoms with van der Waals surface area (Å²) in [6, 6.07) is 4.41. The fraction of sp³-hybridized carbons (Fsp3) is 0.188. The Morgan fingerprint density at radius 1 is 1.44 bits per heavy atom. The minimum absolute atomic E-state index is 0.00228. The van der Waals surface area contributed by atoms with E-state index in [2.05, 4.69) is 16.5 Å². The molecule has 3 rings (SSSR count). The van der Waals surface area contributed by atoms with E-state index >= 15 is 0 Å². The van der Waals surface area contributed by atoms with E-state index in [0.29, 0.717) is 4.88 Å². The molecule has 0 aliphatic heterocycles. The van der Waals surface area contributed by atoms with Gasteiger partial charge >= 0.3 is 6.18 Å². The van der Waals surface area contributed by atoms with Crippen LogP contribution in [0.1, 0.15) is 10.4 Å².